The standard InChI is InChI=1S/C23H29F2N3O2/c1-3-15-9-19-20(26-12-15)5-4-6-21(19)27-13-23(30)22(28-14(2)29)10-16-7-17(24)11-18(25)8-16/h7-9,11-12,21-23,27,30H,3-6,10,13H2,1-2H3,(H,28,29)/t21-,22-,23+/m0/s1. The third-order valence-electron chi connectivity index (χ3n) is 5.55. The Labute approximate surface area is 175 Å². The lowest BCUT2D eigenvalue weighted by Gasteiger charge is -2.29. The maximum atomic E-state index is 13.5. The highest BCUT2D eigenvalue weighted by atomic mass is 19.1. The Morgan fingerprint density at radius 1 is 1.23 bits per heavy atom. The van der Waals surface area contributed by atoms with Crippen molar-refractivity contribution in [1.82, 2.24) is 15.6 Å². The van der Waals surface area contributed by atoms with Crippen LogP contribution in [0.5, 0.6) is 0 Å². The number of aromatic nitrogens is 1. The summed E-state index contributed by atoms with van der Waals surface area (Å²) in [6.45, 7) is 3.68. The van der Waals surface area contributed by atoms with Gasteiger partial charge in [0.1, 0.15) is 11.6 Å². The second kappa shape index (κ2) is 10.1. The van der Waals surface area contributed by atoms with Crippen molar-refractivity contribution < 1.29 is 18.7 Å². The topological polar surface area (TPSA) is 74.2 Å². The Hall–Kier alpha value is -2.38. The summed E-state index contributed by atoms with van der Waals surface area (Å²) >= 11 is 0. The van der Waals surface area contributed by atoms with Crippen molar-refractivity contribution in [1.29, 1.82) is 0 Å². The molecule has 0 unspecified atom stereocenters. The number of halogens is 2. The van der Waals surface area contributed by atoms with E-state index in [0.717, 1.165) is 43.0 Å². The zero-order valence-electron chi connectivity index (χ0n) is 17.4. The summed E-state index contributed by atoms with van der Waals surface area (Å²) in [5, 5.41) is 16.9. The molecule has 0 fully saturated rings. The number of carbonyl (C=O) groups excluding carboxylic acids is 1. The summed E-state index contributed by atoms with van der Waals surface area (Å²) in [5.41, 5.74) is 3.80. The molecule has 3 rings (SSSR count). The molecule has 3 N–H and O–H groups in total. The molecule has 0 spiro atoms. The van der Waals surface area contributed by atoms with Gasteiger partial charge in [-0.2, -0.15) is 0 Å². The molecule has 1 heterocycles. The number of aliphatic hydroxyl groups is 1. The second-order valence-electron chi connectivity index (χ2n) is 7.94. The molecule has 0 saturated heterocycles. The largest absolute Gasteiger partial charge is 0.390 e. The van der Waals surface area contributed by atoms with Crippen molar-refractivity contribution >= 4 is 5.91 Å². The van der Waals surface area contributed by atoms with E-state index in [1.54, 1.807) is 0 Å². The number of benzene rings is 1. The molecule has 162 valence electrons. The number of pyridine rings is 1. The zero-order chi connectivity index (χ0) is 21.7. The Morgan fingerprint density at radius 2 is 1.97 bits per heavy atom. The second-order valence-corrected chi connectivity index (χ2v) is 7.94. The molecule has 0 bridgehead atoms. The lowest BCUT2D eigenvalue weighted by Crippen LogP contribution is -2.48. The number of aryl methyl sites for hydroxylation is 2. The van der Waals surface area contributed by atoms with Gasteiger partial charge in [0.15, 0.2) is 0 Å². The van der Waals surface area contributed by atoms with Crippen LogP contribution in [0.4, 0.5) is 8.78 Å². The van der Waals surface area contributed by atoms with Crippen LogP contribution in [0.3, 0.4) is 0 Å². The van der Waals surface area contributed by atoms with Gasteiger partial charge in [-0.3, -0.25) is 9.78 Å². The first kappa shape index (κ1) is 22.3. The van der Waals surface area contributed by atoms with E-state index in [4.69, 9.17) is 0 Å². The van der Waals surface area contributed by atoms with Crippen LogP contribution in [0.1, 0.15) is 55.1 Å². The first-order valence-corrected chi connectivity index (χ1v) is 10.5. The third kappa shape index (κ3) is 5.83. The highest BCUT2D eigenvalue weighted by Gasteiger charge is 2.25. The Balaban J connectivity index is 1.69. The Bertz CT molecular complexity index is 870. The smallest absolute Gasteiger partial charge is 0.217 e. The molecule has 1 aromatic heterocycles. The Morgan fingerprint density at radius 3 is 2.63 bits per heavy atom. The van der Waals surface area contributed by atoms with Crippen molar-refractivity contribution in [3.63, 3.8) is 0 Å². The average Bonchev–Trinajstić information content (AvgIpc) is 2.70. The van der Waals surface area contributed by atoms with E-state index in [2.05, 4.69) is 28.6 Å². The molecule has 0 aliphatic heterocycles. The molecular weight excluding hydrogens is 388 g/mol. The number of fused-ring (bicyclic) bond motifs is 1. The van der Waals surface area contributed by atoms with E-state index in [9.17, 15) is 18.7 Å². The van der Waals surface area contributed by atoms with Gasteiger partial charge >= 0.3 is 0 Å². The van der Waals surface area contributed by atoms with E-state index in [0.29, 0.717) is 5.56 Å². The van der Waals surface area contributed by atoms with Crippen LogP contribution in [0.15, 0.2) is 30.5 Å². The van der Waals surface area contributed by atoms with Crippen molar-refractivity contribution in [2.24, 2.45) is 0 Å². The highest BCUT2D eigenvalue weighted by molar-refractivity contribution is 5.73. The number of hydrogen-bond acceptors (Lipinski definition) is 4. The van der Waals surface area contributed by atoms with Crippen LogP contribution in [-0.4, -0.2) is 34.7 Å². The monoisotopic (exact) mass is 417 g/mol. The molecule has 0 saturated carbocycles. The average molecular weight is 418 g/mol. The van der Waals surface area contributed by atoms with E-state index in [1.165, 1.54) is 24.6 Å². The maximum absolute atomic E-state index is 13.5. The fraction of sp³-hybridized carbons (Fsp3) is 0.478. The van der Waals surface area contributed by atoms with Crippen molar-refractivity contribution in [2.45, 2.75) is 64.1 Å². The molecule has 1 aromatic carbocycles. The number of aliphatic hydroxyl groups excluding tert-OH is 1. The van der Waals surface area contributed by atoms with Crippen LogP contribution in [-0.2, 0) is 24.1 Å². The zero-order valence-corrected chi connectivity index (χ0v) is 17.4. The fourth-order valence-corrected chi connectivity index (χ4v) is 4.03. The molecule has 2 aromatic rings. The minimum Gasteiger partial charge on any atom is -0.390 e. The summed E-state index contributed by atoms with van der Waals surface area (Å²) in [6, 6.07) is 4.81. The maximum Gasteiger partial charge on any atom is 0.217 e. The predicted octanol–water partition coefficient (Wildman–Crippen LogP) is 3.00. The molecule has 0 radical (unpaired) electrons. The van der Waals surface area contributed by atoms with E-state index in [-0.39, 0.29) is 24.9 Å². The summed E-state index contributed by atoms with van der Waals surface area (Å²) in [7, 11) is 0. The van der Waals surface area contributed by atoms with Crippen LogP contribution >= 0.6 is 0 Å². The van der Waals surface area contributed by atoms with Gasteiger partial charge in [0.25, 0.3) is 0 Å². The first-order valence-electron chi connectivity index (χ1n) is 10.5. The number of carbonyl (C=O) groups is 1. The van der Waals surface area contributed by atoms with Gasteiger partial charge in [0, 0.05) is 37.5 Å². The number of hydrogen-bond donors (Lipinski definition) is 3. The van der Waals surface area contributed by atoms with Gasteiger partial charge < -0.3 is 15.7 Å². The van der Waals surface area contributed by atoms with Crippen molar-refractivity contribution in [3.8, 4) is 0 Å². The number of amides is 1. The molecule has 3 atom stereocenters. The predicted molar refractivity (Wildman–Crippen MR) is 111 cm³/mol. The van der Waals surface area contributed by atoms with Gasteiger partial charge in [-0.05, 0) is 60.9 Å². The fourth-order valence-electron chi connectivity index (χ4n) is 4.03. The molecule has 7 heteroatoms. The molecule has 1 aliphatic carbocycles. The molecule has 5 nitrogen and oxygen atoms in total. The summed E-state index contributed by atoms with van der Waals surface area (Å²) in [4.78, 5) is 16.2. The first-order chi connectivity index (χ1) is 14.4. The number of rotatable bonds is 8. The number of nitrogens with one attached hydrogen (secondary N) is 2. The Kier molecular flexibility index (Phi) is 7.50. The van der Waals surface area contributed by atoms with E-state index < -0.39 is 23.8 Å². The molecular formula is C23H29F2N3O2. The molecule has 1 amide bonds. The van der Waals surface area contributed by atoms with Crippen LogP contribution < -0.4 is 10.6 Å². The van der Waals surface area contributed by atoms with E-state index >= 15 is 0 Å². The normalized spacial score (nSPS) is 17.8. The highest BCUT2D eigenvalue weighted by Crippen LogP contribution is 2.29. The summed E-state index contributed by atoms with van der Waals surface area (Å²) < 4.78 is 27.1. The van der Waals surface area contributed by atoms with Gasteiger partial charge in [-0.1, -0.05) is 13.0 Å². The van der Waals surface area contributed by atoms with Crippen LogP contribution in [0.25, 0.3) is 0 Å². The van der Waals surface area contributed by atoms with Gasteiger partial charge in [0.2, 0.25) is 5.91 Å². The van der Waals surface area contributed by atoms with Gasteiger partial charge in [-0.15, -0.1) is 0 Å². The van der Waals surface area contributed by atoms with Gasteiger partial charge in [-0.25, -0.2) is 8.78 Å². The quantitative estimate of drug-likeness (QED) is 0.617. The lowest BCUT2D eigenvalue weighted by atomic mass is 9.89. The lowest BCUT2D eigenvalue weighted by molar-refractivity contribution is -0.120. The summed E-state index contributed by atoms with van der Waals surface area (Å²) in [5.74, 6) is -1.68. The van der Waals surface area contributed by atoms with Crippen LogP contribution in [0.2, 0.25) is 0 Å². The van der Waals surface area contributed by atoms with Crippen molar-refractivity contribution in [3.05, 3.63) is 64.5 Å². The third-order valence-corrected chi connectivity index (χ3v) is 5.55. The number of nitrogens with zero attached hydrogens (tertiary/aromatic N) is 1. The van der Waals surface area contributed by atoms with Crippen molar-refractivity contribution in [2.75, 3.05) is 6.54 Å². The van der Waals surface area contributed by atoms with Gasteiger partial charge in [0.05, 0.1) is 12.1 Å². The minimum absolute atomic E-state index is 0.0759. The molecule has 1 aliphatic rings. The summed E-state index contributed by atoms with van der Waals surface area (Å²) in [6.07, 6.45) is 4.92. The SMILES string of the molecule is CCc1cnc2c(c1)[C@@H](NC[C@@H](O)[C@H](Cc1cc(F)cc(F)c1)NC(C)=O)CCC2. The minimum atomic E-state index is -0.923. The molecule has 30 heavy (non-hydrogen) atoms. The van der Waals surface area contributed by atoms with E-state index in [1.807, 2.05) is 6.20 Å². The van der Waals surface area contributed by atoms with Crippen LogP contribution in [0, 0.1) is 11.6 Å².